The number of nitrogens with one attached hydrogen (secondary N) is 3. The molecule has 1 aliphatic heterocycles. The van der Waals surface area contributed by atoms with E-state index in [0.717, 1.165) is 31.9 Å². The highest BCUT2D eigenvalue weighted by atomic mass is 19.1. The zero-order chi connectivity index (χ0) is 25.5. The average Bonchev–Trinajstić information content (AvgIpc) is 2.87. The van der Waals surface area contributed by atoms with Crippen molar-refractivity contribution >= 4 is 11.5 Å². The van der Waals surface area contributed by atoms with Crippen LogP contribution in [0.15, 0.2) is 30.5 Å². The lowest BCUT2D eigenvalue weighted by atomic mass is 9.90. The van der Waals surface area contributed by atoms with Gasteiger partial charge in [0.05, 0.1) is 12.8 Å². The molecule has 1 atom stereocenters. The van der Waals surface area contributed by atoms with Crippen molar-refractivity contribution in [3.63, 3.8) is 0 Å². The number of halogens is 3. The molecule has 0 amide bonds. The zero-order valence-corrected chi connectivity index (χ0v) is 21.1. The number of pyridine rings is 1. The first-order valence-corrected chi connectivity index (χ1v) is 12.8. The first kappa shape index (κ1) is 26.7. The lowest BCUT2D eigenvalue weighted by Gasteiger charge is -2.32. The van der Waals surface area contributed by atoms with E-state index in [2.05, 4.69) is 27.9 Å². The monoisotopic (exact) mass is 506 g/mol. The molecule has 2 fully saturated rings. The van der Waals surface area contributed by atoms with Crippen LogP contribution >= 0.6 is 0 Å². The van der Waals surface area contributed by atoms with Crippen molar-refractivity contribution in [1.29, 1.82) is 0 Å². The number of aromatic nitrogens is 1. The van der Waals surface area contributed by atoms with Crippen LogP contribution in [0.5, 0.6) is 0 Å². The first-order chi connectivity index (χ1) is 17.3. The predicted molar refractivity (Wildman–Crippen MR) is 136 cm³/mol. The molecule has 1 aromatic carbocycles. The summed E-state index contributed by atoms with van der Waals surface area (Å²) in [5.74, 6) is -0.643. The highest BCUT2D eigenvalue weighted by molar-refractivity contribution is 5.71. The van der Waals surface area contributed by atoms with Gasteiger partial charge in [-0.15, -0.1) is 0 Å². The standard InChI is InChI=1S/C27H37F3N4O2/c1-18(16-35-2)33-19-3-5-20(6-4-19)34-26-14-23(25(29)15-31-26)22-13-21(7-8-24(22)28)32-17-27(30)9-11-36-12-10-27/h7-8,13-15,18-20,32-33H,3-6,9-12,16-17H2,1-2H3,(H,31,34)/t18-,19-,20-/m1/s1. The summed E-state index contributed by atoms with van der Waals surface area (Å²) in [7, 11) is 1.70. The lowest BCUT2D eigenvalue weighted by Crippen LogP contribution is -2.42. The topological polar surface area (TPSA) is 67.4 Å². The summed E-state index contributed by atoms with van der Waals surface area (Å²) in [5, 5.41) is 10.0. The molecule has 4 rings (SSSR count). The SMILES string of the molecule is COC[C@@H](C)N[C@H]1CC[C@H](Nc2cc(-c3cc(NCC4(F)CCOCC4)ccc3F)c(F)cn2)CC1. The van der Waals surface area contributed by atoms with Gasteiger partial charge in [-0.2, -0.15) is 0 Å². The maximum absolute atomic E-state index is 14.9. The fraction of sp³-hybridized carbons (Fsp3) is 0.593. The van der Waals surface area contributed by atoms with Crippen LogP contribution in [-0.4, -0.2) is 62.3 Å². The summed E-state index contributed by atoms with van der Waals surface area (Å²) >= 11 is 0. The van der Waals surface area contributed by atoms with Gasteiger partial charge < -0.3 is 25.4 Å². The first-order valence-electron chi connectivity index (χ1n) is 12.8. The Balaban J connectivity index is 1.40. The van der Waals surface area contributed by atoms with Gasteiger partial charge in [0.15, 0.2) is 0 Å². The van der Waals surface area contributed by atoms with E-state index in [4.69, 9.17) is 9.47 Å². The number of methoxy groups -OCH3 is 1. The van der Waals surface area contributed by atoms with Crippen molar-refractivity contribution < 1.29 is 22.6 Å². The Morgan fingerprint density at radius 1 is 1.06 bits per heavy atom. The molecule has 0 spiro atoms. The summed E-state index contributed by atoms with van der Waals surface area (Å²) in [6, 6.07) is 6.86. The minimum Gasteiger partial charge on any atom is -0.383 e. The lowest BCUT2D eigenvalue weighted by molar-refractivity contribution is -0.00115. The molecule has 9 heteroatoms. The Hall–Kier alpha value is -2.36. The number of ether oxygens (including phenoxy) is 2. The number of nitrogens with zero attached hydrogens (tertiary/aromatic N) is 1. The molecular formula is C27H37F3N4O2. The van der Waals surface area contributed by atoms with Crippen LogP contribution in [0.4, 0.5) is 24.7 Å². The molecule has 2 aliphatic rings. The summed E-state index contributed by atoms with van der Waals surface area (Å²) in [5.41, 5.74) is -0.599. The molecule has 0 unspecified atom stereocenters. The zero-order valence-electron chi connectivity index (χ0n) is 21.1. The summed E-state index contributed by atoms with van der Waals surface area (Å²) in [6.07, 6.45) is 5.69. The minimum atomic E-state index is -1.37. The van der Waals surface area contributed by atoms with Gasteiger partial charge in [0.2, 0.25) is 0 Å². The van der Waals surface area contributed by atoms with Gasteiger partial charge in [-0.25, -0.2) is 18.2 Å². The van der Waals surface area contributed by atoms with E-state index in [1.54, 1.807) is 19.2 Å². The van der Waals surface area contributed by atoms with E-state index < -0.39 is 17.3 Å². The molecule has 0 radical (unpaired) electrons. The Labute approximate surface area is 211 Å². The summed E-state index contributed by atoms with van der Waals surface area (Å²) < 4.78 is 54.9. The second kappa shape index (κ2) is 12.3. The number of rotatable bonds is 10. The van der Waals surface area contributed by atoms with E-state index >= 15 is 0 Å². The van der Waals surface area contributed by atoms with Crippen LogP contribution in [0.3, 0.4) is 0 Å². The van der Waals surface area contributed by atoms with Gasteiger partial charge >= 0.3 is 0 Å². The number of hydrogen-bond donors (Lipinski definition) is 3. The third kappa shape index (κ3) is 7.11. The van der Waals surface area contributed by atoms with Crippen LogP contribution < -0.4 is 16.0 Å². The highest BCUT2D eigenvalue weighted by Crippen LogP contribution is 2.32. The fourth-order valence-electron chi connectivity index (χ4n) is 5.05. The molecule has 1 saturated heterocycles. The number of benzene rings is 1. The number of hydrogen-bond acceptors (Lipinski definition) is 6. The molecule has 2 aromatic rings. The van der Waals surface area contributed by atoms with Crippen LogP contribution in [0.1, 0.15) is 45.4 Å². The predicted octanol–water partition coefficient (Wildman–Crippen LogP) is 5.31. The Morgan fingerprint density at radius 3 is 2.47 bits per heavy atom. The van der Waals surface area contributed by atoms with Crippen LogP contribution in [0.25, 0.3) is 11.1 Å². The number of alkyl halides is 1. The van der Waals surface area contributed by atoms with Gasteiger partial charge in [0.25, 0.3) is 0 Å². The van der Waals surface area contributed by atoms with E-state index in [9.17, 15) is 13.2 Å². The normalized spacial score (nSPS) is 22.7. The Bertz CT molecular complexity index is 995. The second-order valence-electron chi connectivity index (χ2n) is 10.1. The third-order valence-corrected chi connectivity index (χ3v) is 7.13. The number of anilines is 2. The second-order valence-corrected chi connectivity index (χ2v) is 10.1. The van der Waals surface area contributed by atoms with Crippen LogP contribution in [-0.2, 0) is 9.47 Å². The van der Waals surface area contributed by atoms with Crippen molar-refractivity contribution in [3.8, 4) is 11.1 Å². The van der Waals surface area contributed by atoms with Crippen molar-refractivity contribution in [2.24, 2.45) is 0 Å². The molecule has 2 heterocycles. The fourth-order valence-corrected chi connectivity index (χ4v) is 5.05. The smallest absolute Gasteiger partial charge is 0.149 e. The maximum atomic E-state index is 14.9. The largest absolute Gasteiger partial charge is 0.383 e. The maximum Gasteiger partial charge on any atom is 0.149 e. The Morgan fingerprint density at radius 2 is 1.75 bits per heavy atom. The van der Waals surface area contributed by atoms with Crippen molar-refractivity contribution in [2.45, 2.75) is 69.2 Å². The Kier molecular flexibility index (Phi) is 9.09. The van der Waals surface area contributed by atoms with E-state index in [0.29, 0.717) is 56.3 Å². The van der Waals surface area contributed by atoms with Crippen molar-refractivity contribution in [2.75, 3.05) is 44.1 Å². The molecular weight excluding hydrogens is 469 g/mol. The molecule has 1 saturated carbocycles. The van der Waals surface area contributed by atoms with Crippen LogP contribution in [0.2, 0.25) is 0 Å². The third-order valence-electron chi connectivity index (χ3n) is 7.13. The van der Waals surface area contributed by atoms with Crippen molar-refractivity contribution in [3.05, 3.63) is 42.1 Å². The van der Waals surface area contributed by atoms with Crippen molar-refractivity contribution in [1.82, 2.24) is 10.3 Å². The molecule has 6 nitrogen and oxygen atoms in total. The minimum absolute atomic E-state index is 0.0921. The highest BCUT2D eigenvalue weighted by Gasteiger charge is 2.32. The van der Waals surface area contributed by atoms with Gasteiger partial charge in [0, 0.05) is 74.6 Å². The quantitative estimate of drug-likeness (QED) is 0.406. The molecule has 3 N–H and O–H groups in total. The molecule has 0 bridgehead atoms. The van der Waals surface area contributed by atoms with Gasteiger partial charge in [-0.1, -0.05) is 0 Å². The van der Waals surface area contributed by atoms with E-state index in [1.807, 2.05) is 0 Å². The molecule has 36 heavy (non-hydrogen) atoms. The molecule has 1 aromatic heterocycles. The van der Waals surface area contributed by atoms with Gasteiger partial charge in [-0.3, -0.25) is 0 Å². The van der Waals surface area contributed by atoms with Gasteiger partial charge in [-0.05, 0) is 56.9 Å². The van der Waals surface area contributed by atoms with E-state index in [1.165, 1.54) is 12.1 Å². The summed E-state index contributed by atoms with van der Waals surface area (Å²) in [4.78, 5) is 4.19. The summed E-state index contributed by atoms with van der Waals surface area (Å²) in [6.45, 7) is 3.65. The molecule has 198 valence electrons. The van der Waals surface area contributed by atoms with E-state index in [-0.39, 0.29) is 23.7 Å². The van der Waals surface area contributed by atoms with Gasteiger partial charge in [0.1, 0.15) is 23.1 Å². The van der Waals surface area contributed by atoms with Crippen LogP contribution in [0, 0.1) is 11.6 Å². The average molecular weight is 507 g/mol. The molecule has 1 aliphatic carbocycles.